The summed E-state index contributed by atoms with van der Waals surface area (Å²) in [6, 6.07) is 0. The molecule has 0 spiro atoms. The quantitative estimate of drug-likeness (QED) is 0.608. The molecule has 0 aromatic heterocycles. The number of fused-ring (bicyclic) bond motifs is 1. The van der Waals surface area contributed by atoms with Crippen LogP contribution in [0, 0.1) is 28.6 Å². The summed E-state index contributed by atoms with van der Waals surface area (Å²) >= 11 is 0. The number of aliphatic hydroxyl groups is 1. The van der Waals surface area contributed by atoms with Crippen LogP contribution in [-0.2, 0) is 4.79 Å². The normalized spacial score (nSPS) is 61.1. The van der Waals surface area contributed by atoms with Crippen molar-refractivity contribution in [3.8, 4) is 0 Å². The van der Waals surface area contributed by atoms with Crippen molar-refractivity contribution in [3.63, 3.8) is 0 Å². The van der Waals surface area contributed by atoms with Crippen molar-refractivity contribution in [2.24, 2.45) is 28.6 Å². The van der Waals surface area contributed by atoms with Crippen molar-refractivity contribution < 1.29 is 9.90 Å². The van der Waals surface area contributed by atoms with Gasteiger partial charge in [-0.15, -0.1) is 0 Å². The van der Waals surface area contributed by atoms with Crippen LogP contribution in [0.3, 0.4) is 0 Å². The molecule has 5 atom stereocenters. The van der Waals surface area contributed by atoms with E-state index < -0.39 is 0 Å². The molecule has 0 radical (unpaired) electrons. The van der Waals surface area contributed by atoms with Gasteiger partial charge in [-0.05, 0) is 18.3 Å². The minimum Gasteiger partial charge on any atom is -0.392 e. The molecule has 0 amide bonds. The van der Waals surface area contributed by atoms with Gasteiger partial charge < -0.3 is 5.11 Å². The second kappa shape index (κ2) is 1.72. The highest BCUT2D eigenvalue weighted by atomic mass is 16.3. The Labute approximate surface area is 78.3 Å². The highest BCUT2D eigenvalue weighted by Crippen LogP contribution is 2.76. The van der Waals surface area contributed by atoms with E-state index >= 15 is 0 Å². The molecule has 13 heavy (non-hydrogen) atoms. The fourth-order valence-electron chi connectivity index (χ4n) is 4.19. The van der Waals surface area contributed by atoms with Crippen LogP contribution in [0.5, 0.6) is 0 Å². The predicted octanol–water partition coefficient (Wildman–Crippen LogP) is 1.23. The van der Waals surface area contributed by atoms with Crippen LogP contribution in [0.25, 0.3) is 0 Å². The summed E-state index contributed by atoms with van der Waals surface area (Å²) in [5.41, 5.74) is -0.435. The second-order valence-corrected chi connectivity index (χ2v) is 5.80. The van der Waals surface area contributed by atoms with Gasteiger partial charge >= 0.3 is 0 Å². The van der Waals surface area contributed by atoms with Crippen molar-refractivity contribution in [2.45, 2.75) is 33.3 Å². The van der Waals surface area contributed by atoms with Crippen molar-refractivity contribution in [2.75, 3.05) is 0 Å². The maximum Gasteiger partial charge on any atom is 0.145 e. The van der Waals surface area contributed by atoms with E-state index in [4.69, 9.17) is 0 Å². The third-order valence-electron chi connectivity index (χ3n) is 5.08. The average molecular weight is 180 g/mol. The van der Waals surface area contributed by atoms with Crippen LogP contribution in [-0.4, -0.2) is 17.0 Å². The summed E-state index contributed by atoms with van der Waals surface area (Å²) in [6.45, 7) is 6.05. The number of hydrogen-bond acceptors (Lipinski definition) is 2. The van der Waals surface area contributed by atoms with E-state index in [9.17, 15) is 9.90 Å². The minimum absolute atomic E-state index is 0.155. The molecule has 0 aromatic carbocycles. The lowest BCUT2D eigenvalue weighted by molar-refractivity contribution is -0.148. The summed E-state index contributed by atoms with van der Waals surface area (Å²) in [5, 5.41) is 10.00. The number of hydrogen-bond donors (Lipinski definition) is 1. The first-order valence-electron chi connectivity index (χ1n) is 5.14. The minimum atomic E-state index is -0.280. The number of ketones is 1. The molecule has 2 heteroatoms. The van der Waals surface area contributed by atoms with Crippen LogP contribution < -0.4 is 0 Å². The summed E-state index contributed by atoms with van der Waals surface area (Å²) < 4.78 is 0. The molecule has 0 aromatic rings. The number of carbonyl (C=O) groups is 1. The van der Waals surface area contributed by atoms with Gasteiger partial charge in [-0.3, -0.25) is 4.79 Å². The molecule has 1 N–H and O–H groups in total. The monoisotopic (exact) mass is 180 g/mol. The van der Waals surface area contributed by atoms with Gasteiger partial charge in [0.15, 0.2) is 0 Å². The summed E-state index contributed by atoms with van der Waals surface area (Å²) in [7, 11) is 0. The maximum atomic E-state index is 12.1. The standard InChI is InChI=1S/C11H16O2/c1-10(2)6-4-5-7(8(6)12)11(5,3)9(10)13/h5-8,12H,4H2,1-3H3/t5-,6+,7-,8-,11-/m1/s1. The third kappa shape index (κ3) is 0.567. The van der Waals surface area contributed by atoms with Crippen LogP contribution in [0.15, 0.2) is 0 Å². The molecule has 4 aliphatic carbocycles. The Morgan fingerprint density at radius 2 is 1.92 bits per heavy atom. The summed E-state index contributed by atoms with van der Waals surface area (Å²) in [6.07, 6.45) is 0.865. The van der Waals surface area contributed by atoms with Gasteiger partial charge in [-0.2, -0.15) is 0 Å². The van der Waals surface area contributed by atoms with Gasteiger partial charge in [-0.25, -0.2) is 0 Å². The zero-order valence-electron chi connectivity index (χ0n) is 8.37. The first-order chi connectivity index (χ1) is 5.91. The first-order valence-corrected chi connectivity index (χ1v) is 5.14. The second-order valence-electron chi connectivity index (χ2n) is 5.80. The molecule has 4 fully saturated rings. The van der Waals surface area contributed by atoms with Gasteiger partial charge in [0.2, 0.25) is 0 Å². The molecular formula is C11H16O2. The Morgan fingerprint density at radius 1 is 1.31 bits per heavy atom. The average Bonchev–Trinajstić information content (AvgIpc) is 2.45. The Hall–Kier alpha value is -0.370. The largest absolute Gasteiger partial charge is 0.392 e. The number of Topliss-reactive ketones (excluding diaryl/α,β-unsaturated/α-hetero) is 1. The van der Waals surface area contributed by atoms with Crippen molar-refractivity contribution >= 4 is 5.78 Å². The van der Waals surface area contributed by atoms with E-state index in [1.807, 2.05) is 20.8 Å². The Morgan fingerprint density at radius 3 is 2.38 bits per heavy atom. The van der Waals surface area contributed by atoms with Crippen molar-refractivity contribution in [1.29, 1.82) is 0 Å². The molecule has 4 rings (SSSR count). The van der Waals surface area contributed by atoms with E-state index in [0.29, 0.717) is 17.6 Å². The highest BCUT2D eigenvalue weighted by Gasteiger charge is 2.80. The van der Waals surface area contributed by atoms with E-state index in [1.54, 1.807) is 0 Å². The molecule has 4 bridgehead atoms. The first kappa shape index (κ1) is 7.98. The molecule has 4 saturated carbocycles. The Balaban J connectivity index is 2.12. The lowest BCUT2D eigenvalue weighted by atomic mass is 9.60. The maximum absolute atomic E-state index is 12.1. The molecule has 4 aliphatic rings. The molecule has 0 saturated heterocycles. The Kier molecular flexibility index (Phi) is 1.06. The Bertz CT molecular complexity index is 300. The van der Waals surface area contributed by atoms with E-state index in [2.05, 4.69) is 0 Å². The lowest BCUT2D eigenvalue weighted by Crippen LogP contribution is -2.50. The molecular weight excluding hydrogens is 164 g/mol. The molecule has 2 nitrogen and oxygen atoms in total. The highest BCUT2D eigenvalue weighted by molar-refractivity contribution is 5.95. The van der Waals surface area contributed by atoms with E-state index in [-0.39, 0.29) is 22.9 Å². The molecule has 0 heterocycles. The van der Waals surface area contributed by atoms with Gasteiger partial charge in [0.05, 0.1) is 6.10 Å². The fourth-order valence-corrected chi connectivity index (χ4v) is 4.19. The van der Waals surface area contributed by atoms with Gasteiger partial charge in [0, 0.05) is 16.7 Å². The molecule has 0 unspecified atom stereocenters. The van der Waals surface area contributed by atoms with Crippen LogP contribution in [0.2, 0.25) is 0 Å². The number of aliphatic hydroxyl groups excluding tert-OH is 1. The third-order valence-corrected chi connectivity index (χ3v) is 5.08. The fraction of sp³-hybridized carbons (Fsp3) is 0.909. The number of carbonyl (C=O) groups excluding carboxylic acids is 1. The van der Waals surface area contributed by atoms with Crippen LogP contribution in [0.4, 0.5) is 0 Å². The van der Waals surface area contributed by atoms with Crippen LogP contribution >= 0.6 is 0 Å². The van der Waals surface area contributed by atoms with Crippen molar-refractivity contribution in [3.05, 3.63) is 0 Å². The zero-order valence-corrected chi connectivity index (χ0v) is 8.37. The van der Waals surface area contributed by atoms with Crippen LogP contribution in [0.1, 0.15) is 27.2 Å². The van der Waals surface area contributed by atoms with E-state index in [0.717, 1.165) is 6.42 Å². The molecule has 0 aliphatic heterocycles. The van der Waals surface area contributed by atoms with Gasteiger partial charge in [0.25, 0.3) is 0 Å². The summed E-state index contributed by atoms with van der Waals surface area (Å²) in [5.74, 6) is 1.44. The zero-order chi connectivity index (χ0) is 9.59. The lowest BCUT2D eigenvalue weighted by Gasteiger charge is -2.44. The number of rotatable bonds is 0. The smallest absolute Gasteiger partial charge is 0.145 e. The van der Waals surface area contributed by atoms with Gasteiger partial charge in [-0.1, -0.05) is 20.8 Å². The predicted molar refractivity (Wildman–Crippen MR) is 48.0 cm³/mol. The summed E-state index contributed by atoms with van der Waals surface area (Å²) in [4.78, 5) is 12.1. The van der Waals surface area contributed by atoms with Gasteiger partial charge in [0.1, 0.15) is 5.78 Å². The van der Waals surface area contributed by atoms with E-state index in [1.165, 1.54) is 0 Å². The van der Waals surface area contributed by atoms with Crippen molar-refractivity contribution in [1.82, 2.24) is 0 Å². The molecule has 72 valence electrons. The SMILES string of the molecule is CC1(C)C(=O)[C@@]2(C)[C@H]3[C@H](O)[C@@H]1C[C@H]32. The topological polar surface area (TPSA) is 37.3 Å².